The molecule has 0 radical (unpaired) electrons. The van der Waals surface area contributed by atoms with Crippen molar-refractivity contribution in [2.24, 2.45) is 0 Å². The predicted molar refractivity (Wildman–Crippen MR) is 123 cm³/mol. The molecule has 3 aromatic rings. The van der Waals surface area contributed by atoms with Gasteiger partial charge in [0.1, 0.15) is 0 Å². The quantitative estimate of drug-likeness (QED) is 0.359. The van der Waals surface area contributed by atoms with E-state index in [0.29, 0.717) is 29.2 Å². The lowest BCUT2D eigenvalue weighted by Gasteiger charge is -2.14. The molecule has 0 aliphatic rings. The Morgan fingerprint density at radius 1 is 1.06 bits per heavy atom. The van der Waals surface area contributed by atoms with Crippen molar-refractivity contribution in [3.05, 3.63) is 88.9 Å². The molecule has 0 aromatic heterocycles. The first-order chi connectivity index (χ1) is 15.1. The van der Waals surface area contributed by atoms with E-state index in [-0.39, 0.29) is 23.3 Å². The van der Waals surface area contributed by atoms with E-state index in [1.165, 1.54) is 0 Å². The number of para-hydroxylation sites is 1. The minimum absolute atomic E-state index is 0.225. The number of nitriles is 1. The molecule has 0 bridgehead atoms. The SMILES string of the molecule is CCOc1cc(/C=C(\C#N)c2ccccc2)cc(Cl)c1OCC(=O)Nc1ccccc1. The highest BCUT2D eigenvalue weighted by molar-refractivity contribution is 6.32. The number of rotatable bonds is 8. The fourth-order valence-corrected chi connectivity index (χ4v) is 3.17. The molecule has 1 N–H and O–H groups in total. The van der Waals surface area contributed by atoms with E-state index in [9.17, 15) is 10.1 Å². The Labute approximate surface area is 186 Å². The Balaban J connectivity index is 1.81. The summed E-state index contributed by atoms with van der Waals surface area (Å²) in [6.45, 7) is 2.00. The van der Waals surface area contributed by atoms with Crippen LogP contribution in [-0.2, 0) is 4.79 Å². The van der Waals surface area contributed by atoms with Crippen LogP contribution in [0, 0.1) is 11.3 Å². The molecule has 0 aliphatic heterocycles. The zero-order chi connectivity index (χ0) is 22.1. The average molecular weight is 433 g/mol. The second-order valence-corrected chi connectivity index (χ2v) is 6.91. The standard InChI is InChI=1S/C25H21ClN2O3/c1-2-30-23-15-18(13-20(16-27)19-9-5-3-6-10-19)14-22(26)25(23)31-17-24(29)28-21-11-7-4-8-12-21/h3-15H,2,17H2,1H3,(H,28,29)/b20-13+. The van der Waals surface area contributed by atoms with Gasteiger partial charge in [-0.1, -0.05) is 60.1 Å². The summed E-state index contributed by atoms with van der Waals surface area (Å²) in [6, 6.07) is 24.1. The molecule has 0 saturated carbocycles. The first-order valence-electron chi connectivity index (χ1n) is 9.72. The molecule has 0 atom stereocenters. The molecule has 31 heavy (non-hydrogen) atoms. The van der Waals surface area contributed by atoms with Crippen LogP contribution in [0.5, 0.6) is 11.5 Å². The van der Waals surface area contributed by atoms with Crippen LogP contribution in [0.3, 0.4) is 0 Å². The molecular formula is C25H21ClN2O3. The Bertz CT molecular complexity index is 1110. The van der Waals surface area contributed by atoms with Gasteiger partial charge in [-0.3, -0.25) is 4.79 Å². The van der Waals surface area contributed by atoms with Crippen molar-refractivity contribution in [2.75, 3.05) is 18.5 Å². The molecule has 0 saturated heterocycles. The zero-order valence-corrected chi connectivity index (χ0v) is 17.7. The van der Waals surface area contributed by atoms with Gasteiger partial charge in [-0.25, -0.2) is 0 Å². The average Bonchev–Trinajstić information content (AvgIpc) is 2.78. The number of amides is 1. The van der Waals surface area contributed by atoms with Gasteiger partial charge in [-0.2, -0.15) is 5.26 Å². The third-order valence-electron chi connectivity index (χ3n) is 4.25. The summed E-state index contributed by atoms with van der Waals surface area (Å²) in [6.07, 6.45) is 1.73. The molecule has 3 rings (SSSR count). The molecule has 5 nitrogen and oxygen atoms in total. The van der Waals surface area contributed by atoms with Crippen molar-refractivity contribution in [3.8, 4) is 17.6 Å². The van der Waals surface area contributed by atoms with Gasteiger partial charge in [0.15, 0.2) is 18.1 Å². The number of halogens is 1. The summed E-state index contributed by atoms with van der Waals surface area (Å²) >= 11 is 6.44. The third kappa shape index (κ3) is 6.11. The first-order valence-corrected chi connectivity index (χ1v) is 10.1. The lowest BCUT2D eigenvalue weighted by Crippen LogP contribution is -2.20. The van der Waals surface area contributed by atoms with Crippen molar-refractivity contribution in [1.82, 2.24) is 0 Å². The van der Waals surface area contributed by atoms with E-state index in [1.54, 1.807) is 30.3 Å². The van der Waals surface area contributed by atoms with Crippen LogP contribution in [0.25, 0.3) is 11.6 Å². The van der Waals surface area contributed by atoms with Gasteiger partial charge < -0.3 is 14.8 Å². The number of nitrogens with one attached hydrogen (secondary N) is 1. The smallest absolute Gasteiger partial charge is 0.262 e. The molecule has 0 aliphatic carbocycles. The number of anilines is 1. The molecule has 156 valence electrons. The second kappa shape index (κ2) is 10.9. The van der Waals surface area contributed by atoms with Crippen molar-refractivity contribution >= 4 is 34.8 Å². The number of benzene rings is 3. The fraction of sp³-hybridized carbons (Fsp3) is 0.120. The largest absolute Gasteiger partial charge is 0.490 e. The van der Waals surface area contributed by atoms with Crippen LogP contribution in [0.4, 0.5) is 5.69 Å². The van der Waals surface area contributed by atoms with Gasteiger partial charge in [0, 0.05) is 5.69 Å². The molecular weight excluding hydrogens is 412 g/mol. The van der Waals surface area contributed by atoms with Crippen LogP contribution >= 0.6 is 11.6 Å². The molecule has 0 fully saturated rings. The van der Waals surface area contributed by atoms with Crippen molar-refractivity contribution in [2.45, 2.75) is 6.92 Å². The van der Waals surface area contributed by atoms with Crippen LogP contribution in [0.2, 0.25) is 5.02 Å². The maximum atomic E-state index is 12.2. The topological polar surface area (TPSA) is 71.3 Å². The van der Waals surface area contributed by atoms with E-state index in [0.717, 1.165) is 5.56 Å². The molecule has 0 unspecified atom stereocenters. The Kier molecular flexibility index (Phi) is 7.69. The first kappa shape index (κ1) is 21.9. The molecule has 3 aromatic carbocycles. The highest BCUT2D eigenvalue weighted by Gasteiger charge is 2.15. The number of carbonyl (C=O) groups excluding carboxylic acids is 1. The summed E-state index contributed by atoms with van der Waals surface area (Å²) in [5.74, 6) is 0.366. The van der Waals surface area contributed by atoms with Gasteiger partial charge >= 0.3 is 0 Å². The zero-order valence-electron chi connectivity index (χ0n) is 17.0. The summed E-state index contributed by atoms with van der Waals surface area (Å²) < 4.78 is 11.3. The molecule has 0 heterocycles. The number of hydrogen-bond donors (Lipinski definition) is 1. The summed E-state index contributed by atoms with van der Waals surface area (Å²) in [7, 11) is 0. The number of carbonyl (C=O) groups is 1. The number of ether oxygens (including phenoxy) is 2. The Hall–Kier alpha value is -3.75. The van der Waals surface area contributed by atoms with Gasteiger partial charge in [0.05, 0.1) is 23.3 Å². The van der Waals surface area contributed by atoms with E-state index in [2.05, 4.69) is 11.4 Å². The summed E-state index contributed by atoms with van der Waals surface area (Å²) in [5, 5.41) is 12.6. The molecule has 1 amide bonds. The number of nitrogens with zero attached hydrogens (tertiary/aromatic N) is 1. The van der Waals surface area contributed by atoms with Crippen LogP contribution in [0.15, 0.2) is 72.8 Å². The van der Waals surface area contributed by atoms with Crippen molar-refractivity contribution < 1.29 is 14.3 Å². The third-order valence-corrected chi connectivity index (χ3v) is 4.53. The fourth-order valence-electron chi connectivity index (χ4n) is 2.90. The van der Waals surface area contributed by atoms with Gasteiger partial charge in [0.2, 0.25) is 0 Å². The summed E-state index contributed by atoms with van der Waals surface area (Å²) in [4.78, 5) is 12.2. The summed E-state index contributed by atoms with van der Waals surface area (Å²) in [5.41, 5.74) is 2.67. The van der Waals surface area contributed by atoms with Crippen LogP contribution < -0.4 is 14.8 Å². The van der Waals surface area contributed by atoms with Crippen molar-refractivity contribution in [1.29, 1.82) is 5.26 Å². The van der Waals surface area contributed by atoms with Crippen molar-refractivity contribution in [3.63, 3.8) is 0 Å². The van der Waals surface area contributed by atoms with E-state index >= 15 is 0 Å². The highest BCUT2D eigenvalue weighted by atomic mass is 35.5. The van der Waals surface area contributed by atoms with Gasteiger partial charge in [0.25, 0.3) is 5.91 Å². The molecule has 0 spiro atoms. The maximum absolute atomic E-state index is 12.2. The maximum Gasteiger partial charge on any atom is 0.262 e. The van der Waals surface area contributed by atoms with Crippen LogP contribution in [0.1, 0.15) is 18.1 Å². The van der Waals surface area contributed by atoms with Crippen LogP contribution in [-0.4, -0.2) is 19.1 Å². The number of hydrogen-bond acceptors (Lipinski definition) is 4. The van der Waals surface area contributed by atoms with Gasteiger partial charge in [-0.05, 0) is 48.4 Å². The minimum atomic E-state index is -0.315. The monoisotopic (exact) mass is 432 g/mol. The Morgan fingerprint density at radius 2 is 1.74 bits per heavy atom. The number of allylic oxidation sites excluding steroid dienone is 1. The highest BCUT2D eigenvalue weighted by Crippen LogP contribution is 2.37. The van der Waals surface area contributed by atoms with E-state index in [1.807, 2.05) is 55.5 Å². The normalized spacial score (nSPS) is 10.8. The van der Waals surface area contributed by atoms with E-state index < -0.39 is 0 Å². The Morgan fingerprint density at radius 3 is 2.39 bits per heavy atom. The second-order valence-electron chi connectivity index (χ2n) is 6.50. The molecule has 6 heteroatoms. The van der Waals surface area contributed by atoms with E-state index in [4.69, 9.17) is 21.1 Å². The van der Waals surface area contributed by atoms with Gasteiger partial charge in [-0.15, -0.1) is 0 Å². The minimum Gasteiger partial charge on any atom is -0.490 e. The predicted octanol–water partition coefficient (Wildman–Crippen LogP) is 5.82. The lowest BCUT2D eigenvalue weighted by atomic mass is 10.0. The lowest BCUT2D eigenvalue weighted by molar-refractivity contribution is -0.118.